The topological polar surface area (TPSA) is 80.0 Å². The number of hydrogen-bond donors (Lipinski definition) is 2. The van der Waals surface area contributed by atoms with Crippen molar-refractivity contribution in [1.29, 1.82) is 0 Å². The molecule has 6 nitrogen and oxygen atoms in total. The summed E-state index contributed by atoms with van der Waals surface area (Å²) in [5.41, 5.74) is 1.38. The molecule has 1 heterocycles. The van der Waals surface area contributed by atoms with Crippen LogP contribution in [-0.4, -0.2) is 32.3 Å². The lowest BCUT2D eigenvalue weighted by molar-refractivity contribution is 0.0914. The molecule has 0 saturated carbocycles. The largest absolute Gasteiger partial charge is 0.386 e. The maximum absolute atomic E-state index is 13.6. The number of hydrogen-bond acceptors (Lipinski definition) is 4. The van der Waals surface area contributed by atoms with Gasteiger partial charge >= 0.3 is 0 Å². The number of aliphatic hydroxyl groups excluding tert-OH is 1. The quantitative estimate of drug-likeness (QED) is 0.745. The van der Waals surface area contributed by atoms with Crippen LogP contribution in [0.5, 0.6) is 0 Å². The highest BCUT2D eigenvalue weighted by atomic mass is 19.1. The number of aryl methyl sites for hydroxylation is 1. The molecule has 0 saturated heterocycles. The van der Waals surface area contributed by atoms with Crippen molar-refractivity contribution < 1.29 is 14.3 Å². The van der Waals surface area contributed by atoms with E-state index in [9.17, 15) is 14.3 Å². The first-order valence-corrected chi connectivity index (χ1v) is 7.71. The average Bonchev–Trinajstić information content (AvgIpc) is 3.06. The summed E-state index contributed by atoms with van der Waals surface area (Å²) in [5.74, 6) is -0.281. The Balaban J connectivity index is 1.62. The monoisotopic (exact) mass is 340 g/mol. The SMILES string of the molecule is Cn1cnc(-c2ccc(C(=O)NCC(O)c3ccccc3F)cc2)n1. The molecule has 2 N–H and O–H groups in total. The van der Waals surface area contributed by atoms with Gasteiger partial charge in [0.15, 0.2) is 5.82 Å². The second-order valence-electron chi connectivity index (χ2n) is 5.57. The number of nitrogens with one attached hydrogen (secondary N) is 1. The molecule has 1 unspecified atom stereocenters. The lowest BCUT2D eigenvalue weighted by Gasteiger charge is -2.13. The fraction of sp³-hybridized carbons (Fsp3) is 0.167. The first kappa shape index (κ1) is 16.8. The van der Waals surface area contributed by atoms with E-state index in [1.54, 1.807) is 54.5 Å². The lowest BCUT2D eigenvalue weighted by Crippen LogP contribution is -2.28. The molecule has 128 valence electrons. The van der Waals surface area contributed by atoms with E-state index in [1.165, 1.54) is 12.1 Å². The highest BCUT2D eigenvalue weighted by Crippen LogP contribution is 2.17. The van der Waals surface area contributed by atoms with Crippen molar-refractivity contribution in [2.75, 3.05) is 6.54 Å². The van der Waals surface area contributed by atoms with Crippen molar-refractivity contribution in [1.82, 2.24) is 20.1 Å². The van der Waals surface area contributed by atoms with E-state index in [0.29, 0.717) is 11.4 Å². The number of nitrogens with zero attached hydrogens (tertiary/aromatic N) is 3. The van der Waals surface area contributed by atoms with Gasteiger partial charge in [-0.1, -0.05) is 30.3 Å². The molecular formula is C18H17FN4O2. The molecule has 0 radical (unpaired) electrons. The summed E-state index contributed by atoms with van der Waals surface area (Å²) in [6.07, 6.45) is 0.488. The molecule has 0 spiro atoms. The van der Waals surface area contributed by atoms with Gasteiger partial charge in [-0.25, -0.2) is 9.37 Å². The van der Waals surface area contributed by atoms with E-state index >= 15 is 0 Å². The third-order valence-corrected chi connectivity index (χ3v) is 3.73. The van der Waals surface area contributed by atoms with Crippen LogP contribution in [-0.2, 0) is 7.05 Å². The fourth-order valence-electron chi connectivity index (χ4n) is 2.39. The van der Waals surface area contributed by atoms with Gasteiger partial charge in [-0.05, 0) is 18.2 Å². The predicted octanol–water partition coefficient (Wildman–Crippen LogP) is 2.08. The first-order chi connectivity index (χ1) is 12.0. The molecule has 1 atom stereocenters. The number of benzene rings is 2. The zero-order valence-corrected chi connectivity index (χ0v) is 13.6. The number of aliphatic hydroxyl groups is 1. The second-order valence-corrected chi connectivity index (χ2v) is 5.57. The van der Waals surface area contributed by atoms with Gasteiger partial charge in [0.1, 0.15) is 12.1 Å². The number of halogens is 1. The highest BCUT2D eigenvalue weighted by Gasteiger charge is 2.14. The smallest absolute Gasteiger partial charge is 0.251 e. The number of rotatable bonds is 5. The minimum Gasteiger partial charge on any atom is -0.386 e. The molecule has 0 fully saturated rings. The molecule has 3 rings (SSSR count). The van der Waals surface area contributed by atoms with Crippen molar-refractivity contribution in [3.05, 3.63) is 71.8 Å². The molecule has 1 aromatic heterocycles. The Morgan fingerprint density at radius 3 is 2.60 bits per heavy atom. The van der Waals surface area contributed by atoms with Gasteiger partial charge in [-0.2, -0.15) is 5.10 Å². The van der Waals surface area contributed by atoms with Crippen molar-refractivity contribution in [3.63, 3.8) is 0 Å². The van der Waals surface area contributed by atoms with Crippen molar-refractivity contribution in [3.8, 4) is 11.4 Å². The second kappa shape index (κ2) is 7.23. The van der Waals surface area contributed by atoms with E-state index in [0.717, 1.165) is 5.56 Å². The maximum atomic E-state index is 13.6. The Hall–Kier alpha value is -3.06. The number of amides is 1. The van der Waals surface area contributed by atoms with Gasteiger partial charge in [0.25, 0.3) is 5.91 Å². The number of carbonyl (C=O) groups excluding carboxylic acids is 1. The molecule has 25 heavy (non-hydrogen) atoms. The van der Waals surface area contributed by atoms with Crippen LogP contribution in [0.15, 0.2) is 54.9 Å². The van der Waals surface area contributed by atoms with E-state index < -0.39 is 11.9 Å². The molecule has 0 aliphatic heterocycles. The molecule has 2 aromatic carbocycles. The Labute approximate surface area is 144 Å². The molecule has 0 aliphatic carbocycles. The number of aromatic nitrogens is 3. The van der Waals surface area contributed by atoms with Gasteiger partial charge in [-0.3, -0.25) is 9.48 Å². The predicted molar refractivity (Wildman–Crippen MR) is 90.1 cm³/mol. The summed E-state index contributed by atoms with van der Waals surface area (Å²) in [7, 11) is 1.78. The molecular weight excluding hydrogens is 323 g/mol. The van der Waals surface area contributed by atoms with Crippen molar-refractivity contribution in [2.24, 2.45) is 7.05 Å². The van der Waals surface area contributed by atoms with Crippen LogP contribution >= 0.6 is 0 Å². The third kappa shape index (κ3) is 3.89. The van der Waals surface area contributed by atoms with E-state index in [-0.39, 0.29) is 18.0 Å². The fourth-order valence-corrected chi connectivity index (χ4v) is 2.39. The molecule has 0 aliphatic rings. The summed E-state index contributed by atoms with van der Waals surface area (Å²) in [6, 6.07) is 12.7. The lowest BCUT2D eigenvalue weighted by atomic mass is 10.1. The summed E-state index contributed by atoms with van der Waals surface area (Å²) in [6.45, 7) is -0.0800. The van der Waals surface area contributed by atoms with Crippen LogP contribution in [0.4, 0.5) is 4.39 Å². The molecule has 1 amide bonds. The van der Waals surface area contributed by atoms with Crippen LogP contribution in [0.3, 0.4) is 0 Å². The van der Waals surface area contributed by atoms with Gasteiger partial charge in [0.2, 0.25) is 0 Å². The Bertz CT molecular complexity index is 877. The first-order valence-electron chi connectivity index (χ1n) is 7.71. The van der Waals surface area contributed by atoms with Crippen LogP contribution in [0.1, 0.15) is 22.0 Å². The number of carbonyl (C=O) groups is 1. The summed E-state index contributed by atoms with van der Waals surface area (Å²) in [4.78, 5) is 16.3. The van der Waals surface area contributed by atoms with Gasteiger partial charge in [0.05, 0.1) is 6.10 Å². The molecule has 7 heteroatoms. The average molecular weight is 340 g/mol. The van der Waals surface area contributed by atoms with E-state index in [2.05, 4.69) is 15.4 Å². The minimum atomic E-state index is -1.11. The van der Waals surface area contributed by atoms with E-state index in [1.807, 2.05) is 0 Å². The highest BCUT2D eigenvalue weighted by molar-refractivity contribution is 5.94. The van der Waals surface area contributed by atoms with Crippen LogP contribution in [0.25, 0.3) is 11.4 Å². The Kier molecular flexibility index (Phi) is 4.85. The van der Waals surface area contributed by atoms with Crippen LogP contribution in [0.2, 0.25) is 0 Å². The summed E-state index contributed by atoms with van der Waals surface area (Å²) < 4.78 is 15.2. The Morgan fingerprint density at radius 1 is 1.24 bits per heavy atom. The minimum absolute atomic E-state index is 0.0800. The Morgan fingerprint density at radius 2 is 1.96 bits per heavy atom. The van der Waals surface area contributed by atoms with Gasteiger partial charge < -0.3 is 10.4 Å². The van der Waals surface area contributed by atoms with E-state index in [4.69, 9.17) is 0 Å². The molecule has 3 aromatic rings. The normalized spacial score (nSPS) is 12.0. The third-order valence-electron chi connectivity index (χ3n) is 3.73. The zero-order chi connectivity index (χ0) is 17.8. The maximum Gasteiger partial charge on any atom is 0.251 e. The van der Waals surface area contributed by atoms with Gasteiger partial charge in [-0.15, -0.1) is 0 Å². The van der Waals surface area contributed by atoms with Crippen molar-refractivity contribution >= 4 is 5.91 Å². The molecule has 0 bridgehead atoms. The summed E-state index contributed by atoms with van der Waals surface area (Å²) >= 11 is 0. The van der Waals surface area contributed by atoms with Crippen LogP contribution in [0, 0.1) is 5.82 Å². The van der Waals surface area contributed by atoms with Crippen molar-refractivity contribution in [2.45, 2.75) is 6.10 Å². The van der Waals surface area contributed by atoms with Crippen LogP contribution < -0.4 is 5.32 Å². The zero-order valence-electron chi connectivity index (χ0n) is 13.6. The van der Waals surface area contributed by atoms with Gasteiger partial charge in [0, 0.05) is 30.3 Å². The summed E-state index contributed by atoms with van der Waals surface area (Å²) in [5, 5.41) is 16.8. The standard InChI is InChI=1S/C18H17FN4O2/c1-23-11-21-17(22-23)12-6-8-13(9-7-12)18(25)20-10-16(24)14-4-2-3-5-15(14)19/h2-9,11,16,24H,10H2,1H3,(H,20,25).